The highest BCUT2D eigenvalue weighted by Gasteiger charge is 2.44. The summed E-state index contributed by atoms with van der Waals surface area (Å²) in [5.41, 5.74) is 1.83. The van der Waals surface area contributed by atoms with Gasteiger partial charge in [0.15, 0.2) is 17.2 Å². The molecule has 0 saturated carbocycles. The summed E-state index contributed by atoms with van der Waals surface area (Å²) < 4.78 is 6.71. The summed E-state index contributed by atoms with van der Waals surface area (Å²) in [7, 11) is 0. The van der Waals surface area contributed by atoms with Gasteiger partial charge in [0.2, 0.25) is 0 Å². The molecule has 4 heterocycles. The molecule has 2 N–H and O–H groups in total. The van der Waals surface area contributed by atoms with E-state index in [1.165, 1.54) is 5.56 Å². The summed E-state index contributed by atoms with van der Waals surface area (Å²) >= 11 is 0. The van der Waals surface area contributed by atoms with Gasteiger partial charge < -0.3 is 20.1 Å². The number of aliphatic hydroxyl groups excluding tert-OH is 1. The van der Waals surface area contributed by atoms with E-state index in [-0.39, 0.29) is 23.9 Å². The third kappa shape index (κ3) is 5.42. The maximum atomic E-state index is 12.6. The molecule has 194 valence electrons. The minimum absolute atomic E-state index is 0.0780. The molecular formula is C28H34N6O3. The van der Waals surface area contributed by atoms with Crippen LogP contribution < -0.4 is 15.0 Å². The van der Waals surface area contributed by atoms with Crippen molar-refractivity contribution in [1.82, 2.24) is 25.4 Å². The quantitative estimate of drug-likeness (QED) is 0.530. The van der Waals surface area contributed by atoms with Crippen molar-refractivity contribution >= 4 is 11.7 Å². The first-order chi connectivity index (χ1) is 17.9. The monoisotopic (exact) mass is 502 g/mol. The number of carbonyl (C=O) groups is 1. The second-order valence-corrected chi connectivity index (χ2v) is 9.96. The Morgan fingerprint density at radius 3 is 2.62 bits per heavy atom. The number of rotatable bonds is 6. The maximum Gasteiger partial charge on any atom is 0.271 e. The van der Waals surface area contributed by atoms with Crippen LogP contribution in [0.1, 0.15) is 54.4 Å². The number of hydrogen-bond acceptors (Lipinski definition) is 8. The molecule has 2 aliphatic rings. The Balaban J connectivity index is 1.24. The number of aromatic nitrogens is 3. The third-order valence-corrected chi connectivity index (χ3v) is 7.34. The van der Waals surface area contributed by atoms with Crippen molar-refractivity contribution in [1.29, 1.82) is 0 Å². The lowest BCUT2D eigenvalue weighted by atomic mass is 9.93. The molecule has 1 spiro atoms. The fourth-order valence-electron chi connectivity index (χ4n) is 5.33. The number of nitrogens with zero attached hydrogens (tertiary/aromatic N) is 5. The minimum Gasteiger partial charge on any atom is -0.472 e. The zero-order chi connectivity index (χ0) is 25.8. The van der Waals surface area contributed by atoms with Crippen LogP contribution in [0.2, 0.25) is 0 Å². The number of para-hydroxylation sites is 1. The average molecular weight is 503 g/mol. The number of pyridine rings is 1. The Hall–Kier alpha value is -3.56. The van der Waals surface area contributed by atoms with Crippen LogP contribution in [-0.4, -0.2) is 69.0 Å². The second kappa shape index (κ2) is 10.8. The van der Waals surface area contributed by atoms with Gasteiger partial charge in [-0.1, -0.05) is 18.2 Å². The standard InChI is InChI=1S/C28H34N6O3/c1-20(2)34-18-17-33(16-13-28(34)12-9-22-5-3-4-6-25(22)37-28)26-8-7-23(31-32-26)27(36)30-19-24(35)21-10-14-29-15-11-21/h3-8,10-11,14-15,20,24,35H,9,12-13,16-19H2,1-2H3,(H,30,36). The molecule has 1 fully saturated rings. The highest BCUT2D eigenvalue weighted by molar-refractivity contribution is 5.92. The van der Waals surface area contributed by atoms with Gasteiger partial charge in [-0.05, 0) is 61.7 Å². The number of amides is 1. The van der Waals surface area contributed by atoms with Crippen LogP contribution in [0.3, 0.4) is 0 Å². The van der Waals surface area contributed by atoms with Crippen molar-refractivity contribution in [3.63, 3.8) is 0 Å². The topological polar surface area (TPSA) is 104 Å². The van der Waals surface area contributed by atoms with Crippen molar-refractivity contribution in [2.24, 2.45) is 0 Å². The molecule has 3 aromatic rings. The Morgan fingerprint density at radius 2 is 1.86 bits per heavy atom. The van der Waals surface area contributed by atoms with Crippen molar-refractivity contribution in [2.45, 2.75) is 51.0 Å². The predicted molar refractivity (Wildman–Crippen MR) is 140 cm³/mol. The Bertz CT molecular complexity index is 1210. The molecule has 5 rings (SSSR count). The lowest BCUT2D eigenvalue weighted by molar-refractivity contribution is -0.112. The van der Waals surface area contributed by atoms with E-state index in [1.807, 2.05) is 12.1 Å². The van der Waals surface area contributed by atoms with Crippen molar-refractivity contribution in [3.05, 3.63) is 77.7 Å². The molecule has 2 unspecified atom stereocenters. The molecular weight excluding hydrogens is 468 g/mol. The summed E-state index contributed by atoms with van der Waals surface area (Å²) in [4.78, 5) is 21.2. The molecule has 2 aromatic heterocycles. The number of nitrogens with one attached hydrogen (secondary N) is 1. The molecule has 1 aromatic carbocycles. The summed E-state index contributed by atoms with van der Waals surface area (Å²) in [6.07, 6.45) is 5.19. The maximum absolute atomic E-state index is 12.6. The van der Waals surface area contributed by atoms with E-state index in [1.54, 1.807) is 30.6 Å². The van der Waals surface area contributed by atoms with Gasteiger partial charge in [0.25, 0.3) is 5.91 Å². The van der Waals surface area contributed by atoms with Crippen LogP contribution in [-0.2, 0) is 6.42 Å². The summed E-state index contributed by atoms with van der Waals surface area (Å²) in [5, 5.41) is 21.6. The molecule has 2 aliphatic heterocycles. The second-order valence-electron chi connectivity index (χ2n) is 9.96. The fourth-order valence-corrected chi connectivity index (χ4v) is 5.33. The van der Waals surface area contributed by atoms with Gasteiger partial charge >= 0.3 is 0 Å². The number of aliphatic hydroxyl groups is 1. The van der Waals surface area contributed by atoms with Crippen LogP contribution in [0, 0.1) is 0 Å². The molecule has 0 bridgehead atoms. The number of benzene rings is 1. The van der Waals surface area contributed by atoms with E-state index in [9.17, 15) is 9.90 Å². The lowest BCUT2D eigenvalue weighted by Crippen LogP contribution is -2.57. The Morgan fingerprint density at radius 1 is 1.05 bits per heavy atom. The van der Waals surface area contributed by atoms with Gasteiger partial charge in [-0.2, -0.15) is 0 Å². The number of fused-ring (bicyclic) bond motifs is 1. The van der Waals surface area contributed by atoms with Gasteiger partial charge in [0, 0.05) is 57.5 Å². The number of carbonyl (C=O) groups excluding carboxylic acids is 1. The smallest absolute Gasteiger partial charge is 0.271 e. The highest BCUT2D eigenvalue weighted by Crippen LogP contribution is 2.39. The zero-order valence-electron chi connectivity index (χ0n) is 21.4. The van der Waals surface area contributed by atoms with Gasteiger partial charge in [0.1, 0.15) is 5.75 Å². The molecule has 1 saturated heterocycles. The van der Waals surface area contributed by atoms with Crippen LogP contribution in [0.4, 0.5) is 5.82 Å². The summed E-state index contributed by atoms with van der Waals surface area (Å²) in [5.74, 6) is 1.35. The van der Waals surface area contributed by atoms with Gasteiger partial charge in [-0.15, -0.1) is 10.2 Å². The zero-order valence-corrected chi connectivity index (χ0v) is 21.4. The molecule has 0 radical (unpaired) electrons. The van der Waals surface area contributed by atoms with Crippen LogP contribution >= 0.6 is 0 Å². The van der Waals surface area contributed by atoms with Gasteiger partial charge in [-0.3, -0.25) is 14.7 Å². The number of anilines is 1. The van der Waals surface area contributed by atoms with Gasteiger partial charge in [0.05, 0.1) is 6.10 Å². The van der Waals surface area contributed by atoms with Crippen molar-refractivity contribution in [2.75, 3.05) is 31.1 Å². The fraction of sp³-hybridized carbons (Fsp3) is 0.429. The average Bonchev–Trinajstić information content (AvgIpc) is 3.11. The van der Waals surface area contributed by atoms with E-state index in [0.29, 0.717) is 11.6 Å². The SMILES string of the molecule is CC(C)N1CCN(c2ccc(C(=O)NCC(O)c3ccncc3)nn2)CCC12CCc1ccccc1O2. The van der Waals surface area contributed by atoms with Crippen LogP contribution in [0.5, 0.6) is 5.75 Å². The predicted octanol–water partition coefficient (Wildman–Crippen LogP) is 2.98. The molecule has 9 nitrogen and oxygen atoms in total. The van der Waals surface area contributed by atoms with E-state index < -0.39 is 6.10 Å². The van der Waals surface area contributed by atoms with E-state index in [4.69, 9.17) is 4.74 Å². The molecule has 1 amide bonds. The lowest BCUT2D eigenvalue weighted by Gasteiger charge is -2.47. The Labute approximate surface area is 217 Å². The first kappa shape index (κ1) is 25.1. The van der Waals surface area contributed by atoms with Crippen LogP contribution in [0.15, 0.2) is 60.9 Å². The molecule has 0 aliphatic carbocycles. The van der Waals surface area contributed by atoms with Crippen LogP contribution in [0.25, 0.3) is 0 Å². The normalized spacial score (nSPS) is 20.7. The first-order valence-electron chi connectivity index (χ1n) is 12.9. The number of ether oxygens (including phenoxy) is 1. The van der Waals surface area contributed by atoms with Gasteiger partial charge in [-0.25, -0.2) is 0 Å². The summed E-state index contributed by atoms with van der Waals surface area (Å²) in [6, 6.07) is 15.6. The van der Waals surface area contributed by atoms with E-state index in [0.717, 1.165) is 50.5 Å². The minimum atomic E-state index is -0.818. The first-order valence-corrected chi connectivity index (χ1v) is 12.9. The molecule has 9 heteroatoms. The Kier molecular flexibility index (Phi) is 7.34. The molecule has 2 atom stereocenters. The third-order valence-electron chi connectivity index (χ3n) is 7.34. The van der Waals surface area contributed by atoms with E-state index in [2.05, 4.69) is 62.3 Å². The molecule has 37 heavy (non-hydrogen) atoms. The van der Waals surface area contributed by atoms with Crippen molar-refractivity contribution in [3.8, 4) is 5.75 Å². The number of aryl methyl sites for hydroxylation is 1. The number of hydrogen-bond donors (Lipinski definition) is 2. The van der Waals surface area contributed by atoms with Crippen molar-refractivity contribution < 1.29 is 14.6 Å². The highest BCUT2D eigenvalue weighted by atomic mass is 16.5. The summed E-state index contributed by atoms with van der Waals surface area (Å²) in [6.45, 7) is 6.94. The largest absolute Gasteiger partial charge is 0.472 e. The van der Waals surface area contributed by atoms with E-state index >= 15 is 0 Å².